The van der Waals surface area contributed by atoms with E-state index in [2.05, 4.69) is 15.3 Å². The molecule has 4 heterocycles. The Labute approximate surface area is 139 Å². The van der Waals surface area contributed by atoms with Crippen LogP contribution < -0.4 is 10.2 Å². The highest BCUT2D eigenvalue weighted by atomic mass is 32.1. The summed E-state index contributed by atoms with van der Waals surface area (Å²) in [7, 11) is 1.72. The van der Waals surface area contributed by atoms with Gasteiger partial charge in [-0.25, -0.2) is 9.97 Å². The molecule has 0 bridgehead atoms. The second-order valence-electron chi connectivity index (χ2n) is 4.91. The molecular weight excluding hydrogens is 332 g/mol. The van der Waals surface area contributed by atoms with E-state index >= 15 is 0 Å². The van der Waals surface area contributed by atoms with Crippen LogP contribution in [-0.4, -0.2) is 28.8 Å². The van der Waals surface area contributed by atoms with Gasteiger partial charge >= 0.3 is 0 Å². The van der Waals surface area contributed by atoms with Crippen LogP contribution in [-0.2, 0) is 9.59 Å². The Bertz CT molecular complexity index is 959. The van der Waals surface area contributed by atoms with Crippen LogP contribution in [0.15, 0.2) is 41.0 Å². The molecule has 8 heteroatoms. The molecule has 0 radical (unpaired) electrons. The molecule has 2 amide bonds. The molecule has 6 nitrogen and oxygen atoms in total. The lowest BCUT2D eigenvalue weighted by Gasteiger charge is -2.18. The normalized spacial score (nSPS) is 14.2. The Kier molecular flexibility index (Phi) is 3.21. The average Bonchev–Trinajstić information content (AvgIpc) is 3.24. The van der Waals surface area contributed by atoms with Gasteiger partial charge in [0.2, 0.25) is 0 Å². The van der Waals surface area contributed by atoms with Crippen molar-refractivity contribution in [3.8, 4) is 10.4 Å². The number of nitrogens with one attached hydrogen (secondary N) is 1. The Balaban J connectivity index is 1.90. The number of rotatable bonds is 3. The van der Waals surface area contributed by atoms with Crippen molar-refractivity contribution < 1.29 is 9.59 Å². The van der Waals surface area contributed by atoms with Gasteiger partial charge in [-0.05, 0) is 11.4 Å². The maximum absolute atomic E-state index is 11.9. The minimum absolute atomic E-state index is 0.276. The van der Waals surface area contributed by atoms with Gasteiger partial charge in [-0.2, -0.15) is 0 Å². The number of aromatic nitrogens is 2. The summed E-state index contributed by atoms with van der Waals surface area (Å²) in [5.41, 5.74) is 1.31. The first-order valence-electron chi connectivity index (χ1n) is 6.72. The zero-order valence-electron chi connectivity index (χ0n) is 11.9. The molecule has 0 aliphatic carbocycles. The third-order valence-electron chi connectivity index (χ3n) is 3.55. The quantitative estimate of drug-likeness (QED) is 0.740. The number of hydrogen-bond acceptors (Lipinski definition) is 7. The van der Waals surface area contributed by atoms with Gasteiger partial charge in [0.15, 0.2) is 0 Å². The standard InChI is InChI=1S/C15H10N4O2S2/c1-19(9-5-11(20)18-14(9)21)13-12-8(10-3-2-4-22-10)6-23-15(12)17-7-16-13/h2-7H,1H3,(H,18,20,21). The zero-order chi connectivity index (χ0) is 16.0. The van der Waals surface area contributed by atoms with Crippen LogP contribution in [0.3, 0.4) is 0 Å². The number of amides is 2. The largest absolute Gasteiger partial charge is 0.324 e. The second kappa shape index (κ2) is 5.25. The SMILES string of the molecule is CN(C1=CC(=O)NC1=O)c1ncnc2scc(-c3cccs3)c12. The number of nitrogens with zero attached hydrogens (tertiary/aromatic N) is 3. The van der Waals surface area contributed by atoms with Gasteiger partial charge in [-0.1, -0.05) is 6.07 Å². The Morgan fingerprint density at radius 1 is 1.22 bits per heavy atom. The maximum Gasteiger partial charge on any atom is 0.274 e. The summed E-state index contributed by atoms with van der Waals surface area (Å²) in [5, 5.41) is 7.19. The molecule has 1 aliphatic rings. The Morgan fingerprint density at radius 2 is 2.09 bits per heavy atom. The molecule has 0 saturated carbocycles. The van der Waals surface area contributed by atoms with Crippen LogP contribution in [0, 0.1) is 0 Å². The maximum atomic E-state index is 11.9. The first kappa shape index (κ1) is 14.0. The van der Waals surface area contributed by atoms with Crippen LogP contribution in [0.1, 0.15) is 0 Å². The van der Waals surface area contributed by atoms with E-state index in [1.54, 1.807) is 23.3 Å². The molecule has 1 aliphatic heterocycles. The van der Waals surface area contributed by atoms with Crippen LogP contribution in [0.25, 0.3) is 20.7 Å². The molecule has 4 rings (SSSR count). The molecule has 1 N–H and O–H groups in total. The molecule has 0 atom stereocenters. The van der Waals surface area contributed by atoms with E-state index in [1.807, 2.05) is 22.9 Å². The molecule has 3 aromatic rings. The first-order chi connectivity index (χ1) is 11.1. The van der Waals surface area contributed by atoms with Crippen LogP contribution >= 0.6 is 22.7 Å². The minimum Gasteiger partial charge on any atom is -0.324 e. The van der Waals surface area contributed by atoms with Crippen molar-refractivity contribution in [2.45, 2.75) is 0 Å². The predicted octanol–water partition coefficient (Wildman–Crippen LogP) is 2.40. The molecule has 0 aromatic carbocycles. The number of fused-ring (bicyclic) bond motifs is 1. The summed E-state index contributed by atoms with van der Waals surface area (Å²) in [6, 6.07) is 4.02. The molecule has 23 heavy (non-hydrogen) atoms. The average molecular weight is 342 g/mol. The Hall–Kier alpha value is -2.58. The summed E-state index contributed by atoms with van der Waals surface area (Å²) in [4.78, 5) is 35.6. The van der Waals surface area contributed by atoms with Crippen molar-refractivity contribution in [3.05, 3.63) is 41.0 Å². The van der Waals surface area contributed by atoms with E-state index in [1.165, 1.54) is 23.7 Å². The van der Waals surface area contributed by atoms with Crippen LogP contribution in [0.2, 0.25) is 0 Å². The van der Waals surface area contributed by atoms with Crippen molar-refractivity contribution in [1.29, 1.82) is 0 Å². The molecule has 3 aromatic heterocycles. The fourth-order valence-electron chi connectivity index (χ4n) is 2.49. The van der Waals surface area contributed by atoms with Gasteiger partial charge in [-0.15, -0.1) is 22.7 Å². The number of hydrogen-bond donors (Lipinski definition) is 1. The van der Waals surface area contributed by atoms with Crippen LogP contribution in [0.4, 0.5) is 5.82 Å². The Morgan fingerprint density at radius 3 is 2.78 bits per heavy atom. The van der Waals surface area contributed by atoms with Crippen molar-refractivity contribution in [3.63, 3.8) is 0 Å². The van der Waals surface area contributed by atoms with Crippen molar-refractivity contribution in [2.24, 2.45) is 0 Å². The lowest BCUT2D eigenvalue weighted by Crippen LogP contribution is -2.29. The second-order valence-corrected chi connectivity index (χ2v) is 6.72. The van der Waals surface area contributed by atoms with Crippen molar-refractivity contribution >= 4 is 50.5 Å². The highest BCUT2D eigenvalue weighted by Crippen LogP contribution is 2.40. The summed E-state index contributed by atoms with van der Waals surface area (Å²) in [5.74, 6) is -0.223. The summed E-state index contributed by atoms with van der Waals surface area (Å²) >= 11 is 3.16. The van der Waals surface area contributed by atoms with Gasteiger partial charge in [0.1, 0.15) is 22.7 Å². The van der Waals surface area contributed by atoms with Crippen molar-refractivity contribution in [1.82, 2.24) is 15.3 Å². The summed E-state index contributed by atoms with van der Waals surface area (Å²) in [6.07, 6.45) is 2.76. The van der Waals surface area contributed by atoms with Crippen molar-refractivity contribution in [2.75, 3.05) is 11.9 Å². The van der Waals surface area contributed by atoms with E-state index in [4.69, 9.17) is 0 Å². The number of likely N-dealkylation sites (N-methyl/N-ethyl adjacent to an activating group) is 1. The lowest BCUT2D eigenvalue weighted by atomic mass is 10.2. The number of anilines is 1. The number of thiophene rings is 2. The summed E-state index contributed by atoms with van der Waals surface area (Å²) < 4.78 is 0. The molecule has 0 unspecified atom stereocenters. The first-order valence-corrected chi connectivity index (χ1v) is 8.48. The van der Waals surface area contributed by atoms with E-state index in [-0.39, 0.29) is 5.70 Å². The summed E-state index contributed by atoms with van der Waals surface area (Å²) in [6.45, 7) is 0. The van der Waals surface area contributed by atoms with E-state index in [0.29, 0.717) is 5.82 Å². The molecule has 114 valence electrons. The fraction of sp³-hybridized carbons (Fsp3) is 0.0667. The molecule has 0 fully saturated rings. The lowest BCUT2D eigenvalue weighted by molar-refractivity contribution is -0.123. The van der Waals surface area contributed by atoms with Gasteiger partial charge in [0.05, 0.1) is 5.39 Å². The van der Waals surface area contributed by atoms with E-state index in [0.717, 1.165) is 20.7 Å². The number of carbonyl (C=O) groups is 2. The van der Waals surface area contributed by atoms with Gasteiger partial charge in [0, 0.05) is 28.9 Å². The third-order valence-corrected chi connectivity index (χ3v) is 5.34. The minimum atomic E-state index is -0.419. The topological polar surface area (TPSA) is 75.2 Å². The van der Waals surface area contributed by atoms with Gasteiger partial charge in [-0.3, -0.25) is 14.9 Å². The fourth-order valence-corrected chi connectivity index (χ4v) is 4.22. The predicted molar refractivity (Wildman–Crippen MR) is 90.4 cm³/mol. The smallest absolute Gasteiger partial charge is 0.274 e. The number of carbonyl (C=O) groups excluding carboxylic acids is 2. The molecular formula is C15H10N4O2S2. The number of imide groups is 1. The molecule has 0 spiro atoms. The van der Waals surface area contributed by atoms with E-state index in [9.17, 15) is 9.59 Å². The highest BCUT2D eigenvalue weighted by molar-refractivity contribution is 7.18. The third kappa shape index (κ3) is 2.23. The molecule has 0 saturated heterocycles. The van der Waals surface area contributed by atoms with E-state index < -0.39 is 11.8 Å². The van der Waals surface area contributed by atoms with Gasteiger partial charge in [0.25, 0.3) is 11.8 Å². The highest BCUT2D eigenvalue weighted by Gasteiger charge is 2.27. The monoisotopic (exact) mass is 342 g/mol. The zero-order valence-corrected chi connectivity index (χ0v) is 13.6. The van der Waals surface area contributed by atoms with Crippen LogP contribution in [0.5, 0.6) is 0 Å². The van der Waals surface area contributed by atoms with Gasteiger partial charge < -0.3 is 4.90 Å².